The van der Waals surface area contributed by atoms with Crippen molar-refractivity contribution in [3.8, 4) is 11.8 Å². The van der Waals surface area contributed by atoms with Gasteiger partial charge < -0.3 is 15.1 Å². The first-order valence-corrected chi connectivity index (χ1v) is 11.4. The van der Waals surface area contributed by atoms with Crippen molar-refractivity contribution in [3.05, 3.63) is 71.8 Å². The quantitative estimate of drug-likeness (QED) is 0.305. The summed E-state index contributed by atoms with van der Waals surface area (Å²) in [5.41, 5.74) is 2.58. The van der Waals surface area contributed by atoms with Gasteiger partial charge in [0.1, 0.15) is 0 Å². The van der Waals surface area contributed by atoms with Crippen molar-refractivity contribution in [1.82, 2.24) is 4.73 Å². The van der Waals surface area contributed by atoms with Crippen molar-refractivity contribution in [2.75, 3.05) is 0 Å². The van der Waals surface area contributed by atoms with Gasteiger partial charge in [0, 0.05) is 18.6 Å². The molecule has 0 saturated heterocycles. The third-order valence-corrected chi connectivity index (χ3v) is 6.27. The number of carbonyl (C=O) groups is 1. The fraction of sp³-hybridized carbons (Fsp3) is 0.250. The maximum absolute atomic E-state index is 12.3. The van der Waals surface area contributed by atoms with Gasteiger partial charge in [-0.3, -0.25) is 0 Å². The molecule has 0 aliphatic carbocycles. The SMILES string of the molecule is CC(C)Cc1cc2c(CCCC(=O)On3c(O)ccc3O)ccc3ccc4cccc1c4c32. The number of aromatic hydroxyl groups is 2. The van der Waals surface area contributed by atoms with E-state index in [2.05, 4.69) is 62.4 Å². The summed E-state index contributed by atoms with van der Waals surface area (Å²) in [4.78, 5) is 17.3. The highest BCUT2D eigenvalue weighted by Crippen LogP contribution is 2.39. The van der Waals surface area contributed by atoms with Crippen LogP contribution in [0.15, 0.2) is 60.7 Å². The molecule has 0 fully saturated rings. The molecule has 0 saturated carbocycles. The van der Waals surface area contributed by atoms with Crippen LogP contribution in [0.1, 0.15) is 37.8 Å². The standard InChI is InChI=1S/C28H27NO4/c1-17(2)15-21-16-23-18(5-4-8-26(32)33-29-24(30)13-14-25(29)31)9-10-20-12-11-19-6-3-7-22(21)27(19)28(20)23/h3,6-7,9-14,16-17,30-31H,4-5,8,15H2,1-2H3. The Bertz CT molecular complexity index is 1440. The zero-order chi connectivity index (χ0) is 23.1. The Balaban J connectivity index is 1.46. The lowest BCUT2D eigenvalue weighted by atomic mass is 9.86. The van der Waals surface area contributed by atoms with Crippen LogP contribution in [0.5, 0.6) is 11.8 Å². The molecule has 1 aromatic heterocycles. The normalized spacial score (nSPS) is 11.8. The molecule has 5 heteroatoms. The van der Waals surface area contributed by atoms with Crippen LogP contribution >= 0.6 is 0 Å². The minimum atomic E-state index is -0.505. The smallest absolute Gasteiger partial charge is 0.333 e. The maximum Gasteiger partial charge on any atom is 0.333 e. The van der Waals surface area contributed by atoms with Gasteiger partial charge in [-0.25, -0.2) is 4.79 Å². The maximum atomic E-state index is 12.3. The molecule has 0 aliphatic rings. The molecule has 0 amide bonds. The predicted octanol–water partition coefficient (Wildman–Crippen LogP) is 5.97. The van der Waals surface area contributed by atoms with Gasteiger partial charge in [-0.1, -0.05) is 62.4 Å². The van der Waals surface area contributed by atoms with Crippen LogP contribution in [0.2, 0.25) is 0 Å². The first-order valence-electron chi connectivity index (χ1n) is 11.4. The molecule has 0 spiro atoms. The van der Waals surface area contributed by atoms with E-state index in [1.54, 1.807) is 0 Å². The number of aryl methyl sites for hydroxylation is 1. The molecule has 168 valence electrons. The lowest BCUT2D eigenvalue weighted by molar-refractivity contribution is -0.145. The van der Waals surface area contributed by atoms with Gasteiger partial charge >= 0.3 is 5.97 Å². The van der Waals surface area contributed by atoms with E-state index in [1.165, 1.54) is 55.6 Å². The van der Waals surface area contributed by atoms with E-state index >= 15 is 0 Å². The third kappa shape index (κ3) is 3.84. The Morgan fingerprint density at radius 2 is 1.55 bits per heavy atom. The molecule has 0 radical (unpaired) electrons. The average Bonchev–Trinajstić information content (AvgIpc) is 3.10. The van der Waals surface area contributed by atoms with E-state index < -0.39 is 5.97 Å². The van der Waals surface area contributed by atoms with Crippen molar-refractivity contribution in [2.24, 2.45) is 5.92 Å². The summed E-state index contributed by atoms with van der Waals surface area (Å²) in [6, 6.07) is 20.1. The summed E-state index contributed by atoms with van der Waals surface area (Å²) in [6.45, 7) is 4.49. The molecular formula is C28H27NO4. The molecule has 5 rings (SSSR count). The molecule has 1 heterocycles. The topological polar surface area (TPSA) is 71.7 Å². The Kier molecular flexibility index (Phi) is 5.33. The van der Waals surface area contributed by atoms with E-state index in [1.807, 2.05) is 0 Å². The molecule has 0 aliphatic heterocycles. The highest BCUT2D eigenvalue weighted by atomic mass is 16.7. The van der Waals surface area contributed by atoms with Crippen molar-refractivity contribution in [2.45, 2.75) is 39.5 Å². The summed E-state index contributed by atoms with van der Waals surface area (Å²) in [5, 5.41) is 27.0. The van der Waals surface area contributed by atoms with E-state index in [-0.39, 0.29) is 18.2 Å². The van der Waals surface area contributed by atoms with Crippen molar-refractivity contribution >= 4 is 38.3 Å². The van der Waals surface area contributed by atoms with Gasteiger partial charge in [0.2, 0.25) is 11.8 Å². The van der Waals surface area contributed by atoms with Crippen molar-refractivity contribution < 1.29 is 19.8 Å². The second-order valence-corrected chi connectivity index (χ2v) is 9.13. The van der Waals surface area contributed by atoms with Gasteiger partial charge in [-0.05, 0) is 68.6 Å². The highest BCUT2D eigenvalue weighted by Gasteiger charge is 2.16. The Hall–Kier alpha value is -3.73. The number of rotatable bonds is 7. The molecule has 0 atom stereocenters. The highest BCUT2D eigenvalue weighted by molar-refractivity contribution is 6.24. The Morgan fingerprint density at radius 1 is 0.879 bits per heavy atom. The van der Waals surface area contributed by atoms with Gasteiger partial charge in [0.05, 0.1) is 0 Å². The monoisotopic (exact) mass is 441 g/mol. The number of hydrogen-bond donors (Lipinski definition) is 2. The van der Waals surface area contributed by atoms with Crippen molar-refractivity contribution in [1.29, 1.82) is 0 Å². The fourth-order valence-electron chi connectivity index (χ4n) is 4.84. The molecule has 5 aromatic rings. The molecule has 0 unspecified atom stereocenters. The predicted molar refractivity (Wildman–Crippen MR) is 131 cm³/mol. The van der Waals surface area contributed by atoms with Crippen LogP contribution in [0, 0.1) is 5.92 Å². The summed E-state index contributed by atoms with van der Waals surface area (Å²) >= 11 is 0. The number of carbonyl (C=O) groups excluding carboxylic acids is 1. The average molecular weight is 442 g/mol. The summed E-state index contributed by atoms with van der Waals surface area (Å²) in [5.74, 6) is -0.582. The van der Waals surface area contributed by atoms with Crippen LogP contribution < -0.4 is 4.84 Å². The first kappa shape index (κ1) is 21.1. The number of aromatic nitrogens is 1. The van der Waals surface area contributed by atoms with Crippen LogP contribution in [-0.4, -0.2) is 20.9 Å². The summed E-state index contributed by atoms with van der Waals surface area (Å²) < 4.78 is 0.733. The molecular weight excluding hydrogens is 414 g/mol. The number of nitrogens with zero attached hydrogens (tertiary/aromatic N) is 1. The van der Waals surface area contributed by atoms with Gasteiger partial charge in [0.15, 0.2) is 0 Å². The minimum absolute atomic E-state index is 0.178. The third-order valence-electron chi connectivity index (χ3n) is 6.27. The summed E-state index contributed by atoms with van der Waals surface area (Å²) in [6.07, 6.45) is 2.52. The molecule has 0 bridgehead atoms. The largest absolute Gasteiger partial charge is 0.492 e. The second kappa shape index (κ2) is 8.32. The lowest BCUT2D eigenvalue weighted by Gasteiger charge is -2.18. The van der Waals surface area contributed by atoms with E-state index in [4.69, 9.17) is 4.84 Å². The summed E-state index contributed by atoms with van der Waals surface area (Å²) in [7, 11) is 0. The molecule has 5 nitrogen and oxygen atoms in total. The van der Waals surface area contributed by atoms with Gasteiger partial charge in [-0.15, -0.1) is 4.73 Å². The molecule has 33 heavy (non-hydrogen) atoms. The van der Waals surface area contributed by atoms with Crippen LogP contribution in [0.4, 0.5) is 0 Å². The van der Waals surface area contributed by atoms with Gasteiger partial charge in [-0.2, -0.15) is 0 Å². The van der Waals surface area contributed by atoms with Crippen LogP contribution in [0.25, 0.3) is 32.3 Å². The Labute approximate surface area is 192 Å². The molecule has 2 N–H and O–H groups in total. The lowest BCUT2D eigenvalue weighted by Crippen LogP contribution is -2.18. The van der Waals surface area contributed by atoms with Crippen LogP contribution in [0.3, 0.4) is 0 Å². The van der Waals surface area contributed by atoms with Gasteiger partial charge in [0.25, 0.3) is 0 Å². The zero-order valence-corrected chi connectivity index (χ0v) is 18.8. The fourth-order valence-corrected chi connectivity index (χ4v) is 4.84. The number of benzene rings is 4. The molecule has 4 aromatic carbocycles. The van der Waals surface area contributed by atoms with Crippen LogP contribution in [-0.2, 0) is 17.6 Å². The first-order chi connectivity index (χ1) is 15.9. The van der Waals surface area contributed by atoms with Crippen molar-refractivity contribution in [3.63, 3.8) is 0 Å². The Morgan fingerprint density at radius 3 is 2.27 bits per heavy atom. The van der Waals surface area contributed by atoms with E-state index in [0.29, 0.717) is 12.3 Å². The minimum Gasteiger partial charge on any atom is -0.492 e. The van der Waals surface area contributed by atoms with E-state index in [9.17, 15) is 15.0 Å². The zero-order valence-electron chi connectivity index (χ0n) is 18.8. The van der Waals surface area contributed by atoms with E-state index in [0.717, 1.165) is 17.6 Å². The number of hydrogen-bond acceptors (Lipinski definition) is 4. The second-order valence-electron chi connectivity index (χ2n) is 9.13.